The normalized spacial score (nSPS) is 16.3. The van der Waals surface area contributed by atoms with Crippen LogP contribution in [0.4, 0.5) is 17.1 Å². The van der Waals surface area contributed by atoms with Gasteiger partial charge in [-0.25, -0.2) is 0 Å². The van der Waals surface area contributed by atoms with Crippen LogP contribution >= 0.6 is 10.0 Å². The third kappa shape index (κ3) is 2.27. The summed E-state index contributed by atoms with van der Waals surface area (Å²) in [6.07, 6.45) is 4.91. The monoisotopic (exact) mass is 532 g/mol. The molecule has 0 radical (unpaired) electrons. The molecular weight excluding hydrogens is 507 g/mol. The van der Waals surface area contributed by atoms with E-state index in [1.165, 1.54) is 76.1 Å². The SMILES string of the molecule is Cc1cc2c3c(c1)N1c4ccccc4S(C)(C)c4cccc(c41)B3n1c3oc4ccccc4c3c3cccc-2c31. The molecule has 5 aromatic carbocycles. The van der Waals surface area contributed by atoms with E-state index < -0.39 is 10.0 Å². The van der Waals surface area contributed by atoms with Crippen molar-refractivity contribution in [1.82, 2.24) is 4.48 Å². The first-order valence-corrected chi connectivity index (χ1v) is 16.3. The molecule has 2 aromatic heterocycles. The largest absolute Gasteiger partial charge is 0.441 e. The molecule has 3 nitrogen and oxygen atoms in total. The molecule has 0 fully saturated rings. The fourth-order valence-corrected chi connectivity index (χ4v) is 10.4. The van der Waals surface area contributed by atoms with E-state index in [0.29, 0.717) is 0 Å². The second kappa shape index (κ2) is 6.86. The Morgan fingerprint density at radius 2 is 1.50 bits per heavy atom. The van der Waals surface area contributed by atoms with Crippen molar-refractivity contribution in [2.24, 2.45) is 0 Å². The van der Waals surface area contributed by atoms with Gasteiger partial charge in [-0.15, -0.1) is 0 Å². The van der Waals surface area contributed by atoms with Crippen LogP contribution in [0.5, 0.6) is 0 Å². The molecular formula is C35H25BN2OS. The third-order valence-corrected chi connectivity index (χ3v) is 12.3. The maximum absolute atomic E-state index is 6.75. The van der Waals surface area contributed by atoms with Crippen molar-refractivity contribution in [3.05, 3.63) is 103 Å². The summed E-state index contributed by atoms with van der Waals surface area (Å²) in [4.78, 5) is 5.48. The number of furan rings is 1. The summed E-state index contributed by atoms with van der Waals surface area (Å²) in [6, 6.07) is 36.2. The van der Waals surface area contributed by atoms with Crippen molar-refractivity contribution in [1.29, 1.82) is 0 Å². The number of benzene rings is 5. The molecule has 40 heavy (non-hydrogen) atoms. The lowest BCUT2D eigenvalue weighted by Gasteiger charge is -2.49. The number of hydrogen-bond donors (Lipinski definition) is 0. The van der Waals surface area contributed by atoms with Crippen LogP contribution in [0.2, 0.25) is 0 Å². The molecule has 0 unspecified atom stereocenters. The van der Waals surface area contributed by atoms with Crippen molar-refractivity contribution >= 4 is 77.8 Å². The quantitative estimate of drug-likeness (QED) is 0.184. The predicted octanol–water partition coefficient (Wildman–Crippen LogP) is 8.06. The van der Waals surface area contributed by atoms with Crippen molar-refractivity contribution in [3.8, 4) is 11.1 Å². The molecule has 0 spiro atoms. The average Bonchev–Trinajstić information content (AvgIpc) is 3.50. The van der Waals surface area contributed by atoms with Gasteiger partial charge in [-0.3, -0.25) is 0 Å². The molecule has 0 N–H and O–H groups in total. The van der Waals surface area contributed by atoms with E-state index in [-0.39, 0.29) is 6.85 Å². The zero-order valence-electron chi connectivity index (χ0n) is 22.5. The van der Waals surface area contributed by atoms with Crippen LogP contribution in [-0.2, 0) is 0 Å². The molecule has 5 heteroatoms. The summed E-state index contributed by atoms with van der Waals surface area (Å²) < 4.78 is 9.27. The third-order valence-electron chi connectivity index (χ3n) is 9.46. The van der Waals surface area contributed by atoms with Gasteiger partial charge in [0.15, 0.2) is 5.71 Å². The molecule has 0 amide bonds. The molecule has 0 saturated heterocycles. The Labute approximate surface area is 234 Å². The number of rotatable bonds is 0. The molecule has 0 atom stereocenters. The first kappa shape index (κ1) is 21.5. The smallest absolute Gasteiger partial charge is 0.336 e. The summed E-state index contributed by atoms with van der Waals surface area (Å²) in [5.74, 6) is 0. The number of anilines is 3. The highest BCUT2D eigenvalue weighted by molar-refractivity contribution is 8.33. The Morgan fingerprint density at radius 1 is 0.725 bits per heavy atom. The number of aryl methyl sites for hydroxylation is 1. The summed E-state index contributed by atoms with van der Waals surface area (Å²) in [7, 11) is -1.21. The minimum Gasteiger partial charge on any atom is -0.441 e. The molecule has 0 bridgehead atoms. The number of para-hydroxylation sites is 4. The molecule has 3 aliphatic rings. The zero-order chi connectivity index (χ0) is 26.5. The maximum Gasteiger partial charge on any atom is 0.336 e. The minimum absolute atomic E-state index is 0.0349. The molecule has 7 aromatic rings. The average molecular weight is 532 g/mol. The van der Waals surface area contributed by atoms with Gasteiger partial charge in [0.25, 0.3) is 0 Å². The van der Waals surface area contributed by atoms with Gasteiger partial charge in [0.1, 0.15) is 5.58 Å². The second-order valence-electron chi connectivity index (χ2n) is 11.8. The minimum atomic E-state index is -1.21. The van der Waals surface area contributed by atoms with Gasteiger partial charge in [0, 0.05) is 37.3 Å². The molecule has 10 rings (SSSR count). The van der Waals surface area contributed by atoms with Crippen LogP contribution < -0.4 is 15.8 Å². The molecule has 3 aliphatic heterocycles. The molecule has 5 heterocycles. The fraction of sp³-hybridized carbons (Fsp3) is 0.0857. The van der Waals surface area contributed by atoms with E-state index in [0.717, 1.165) is 11.3 Å². The fourth-order valence-electron chi connectivity index (χ4n) is 7.90. The predicted molar refractivity (Wildman–Crippen MR) is 170 cm³/mol. The van der Waals surface area contributed by atoms with Gasteiger partial charge in [0.2, 0.25) is 0 Å². The van der Waals surface area contributed by atoms with Crippen molar-refractivity contribution in [2.45, 2.75) is 16.7 Å². The number of fused-ring (bicyclic) bond motifs is 11. The highest BCUT2D eigenvalue weighted by Gasteiger charge is 2.47. The number of nitrogens with zero attached hydrogens (tertiary/aromatic N) is 2. The highest BCUT2D eigenvalue weighted by atomic mass is 32.3. The van der Waals surface area contributed by atoms with Gasteiger partial charge >= 0.3 is 6.85 Å². The van der Waals surface area contributed by atoms with Crippen LogP contribution in [-0.4, -0.2) is 23.8 Å². The first-order valence-electron chi connectivity index (χ1n) is 13.9. The van der Waals surface area contributed by atoms with Crippen molar-refractivity contribution < 1.29 is 4.42 Å². The van der Waals surface area contributed by atoms with Gasteiger partial charge in [-0.1, -0.05) is 66.7 Å². The van der Waals surface area contributed by atoms with E-state index in [2.05, 4.69) is 126 Å². The Bertz CT molecular complexity index is 2290. The van der Waals surface area contributed by atoms with Gasteiger partial charge in [-0.05, 0) is 71.8 Å². The molecule has 0 aliphatic carbocycles. The van der Waals surface area contributed by atoms with Crippen molar-refractivity contribution in [3.63, 3.8) is 0 Å². The standard InChI is InChI=1S/C35H25BN2OS/c1-20-18-24-21-11-8-12-23-31-22-10-4-6-15-28(22)39-35(31)38(33(21)23)36-25-13-9-17-30-34(25)37(27(19-20)32(24)36)26-14-5-7-16-29(26)40(30,2)3/h4-19H,1-3H3. The van der Waals surface area contributed by atoms with E-state index in [4.69, 9.17) is 4.42 Å². The molecule has 190 valence electrons. The Morgan fingerprint density at radius 3 is 2.42 bits per heavy atom. The Kier molecular flexibility index (Phi) is 3.68. The second-order valence-corrected chi connectivity index (χ2v) is 15.4. The van der Waals surface area contributed by atoms with E-state index in [9.17, 15) is 0 Å². The summed E-state index contributed by atoms with van der Waals surface area (Å²) in [5, 5.41) is 3.68. The number of aromatic nitrogens is 1. The van der Waals surface area contributed by atoms with E-state index in [1.54, 1.807) is 0 Å². The van der Waals surface area contributed by atoms with E-state index >= 15 is 0 Å². The maximum atomic E-state index is 6.75. The van der Waals surface area contributed by atoms with Gasteiger partial charge in [0.05, 0.1) is 16.8 Å². The lowest BCUT2D eigenvalue weighted by Crippen LogP contribution is -2.57. The van der Waals surface area contributed by atoms with Gasteiger partial charge < -0.3 is 13.8 Å². The van der Waals surface area contributed by atoms with Crippen LogP contribution in [0, 0.1) is 6.92 Å². The summed E-state index contributed by atoms with van der Waals surface area (Å²) in [6.45, 7) is 2.28. The summed E-state index contributed by atoms with van der Waals surface area (Å²) in [5.41, 5.74) is 13.8. The summed E-state index contributed by atoms with van der Waals surface area (Å²) >= 11 is 0. The highest BCUT2D eigenvalue weighted by Crippen LogP contribution is 2.67. The Hall–Kier alpha value is -4.35. The van der Waals surface area contributed by atoms with Crippen LogP contribution in [0.15, 0.2) is 111 Å². The van der Waals surface area contributed by atoms with Crippen molar-refractivity contribution in [2.75, 3.05) is 17.4 Å². The van der Waals surface area contributed by atoms with Gasteiger partial charge in [-0.2, -0.15) is 10.0 Å². The number of hydrogen-bond acceptors (Lipinski definition) is 2. The lowest BCUT2D eigenvalue weighted by atomic mass is 9.45. The Balaban J connectivity index is 1.44. The topological polar surface area (TPSA) is 21.3 Å². The lowest BCUT2D eigenvalue weighted by molar-refractivity contribution is 0.651. The van der Waals surface area contributed by atoms with E-state index in [1.807, 2.05) is 0 Å². The first-order chi connectivity index (χ1) is 19.5. The van der Waals surface area contributed by atoms with Crippen LogP contribution in [0.25, 0.3) is 44.1 Å². The van der Waals surface area contributed by atoms with Crippen LogP contribution in [0.1, 0.15) is 5.56 Å². The zero-order valence-corrected chi connectivity index (χ0v) is 23.3. The van der Waals surface area contributed by atoms with Crippen LogP contribution in [0.3, 0.4) is 0 Å². The molecule has 0 saturated carbocycles.